The smallest absolute Gasteiger partial charge is 0.130 e. The number of nitrogens with two attached hydrogens (primary N) is 1. The molecule has 0 aromatic heterocycles. The predicted molar refractivity (Wildman–Crippen MR) is 77.3 cm³/mol. The van der Waals surface area contributed by atoms with Crippen molar-refractivity contribution in [2.24, 2.45) is 11.7 Å². The first-order chi connectivity index (χ1) is 8.94. The third-order valence-corrected chi connectivity index (χ3v) is 3.98. The van der Waals surface area contributed by atoms with Crippen LogP contribution < -0.4 is 19.9 Å². The van der Waals surface area contributed by atoms with Gasteiger partial charge in [-0.1, -0.05) is 20.8 Å². The van der Waals surface area contributed by atoms with Gasteiger partial charge in [0.25, 0.3) is 0 Å². The Labute approximate surface area is 115 Å². The zero-order valence-corrected chi connectivity index (χ0v) is 12.7. The van der Waals surface area contributed by atoms with Gasteiger partial charge in [0.2, 0.25) is 0 Å². The standard InChI is InChI=1S/C15H25NO3/c1-10(2)15(3,9-16)14-12(18-5)7-11(17-4)8-13(14)19-6/h7-8,10H,9,16H2,1-6H3. The van der Waals surface area contributed by atoms with Gasteiger partial charge in [0.05, 0.1) is 21.3 Å². The second-order valence-electron chi connectivity index (χ2n) is 5.18. The van der Waals surface area contributed by atoms with Crippen LogP contribution in [0.15, 0.2) is 12.1 Å². The molecule has 0 saturated carbocycles. The van der Waals surface area contributed by atoms with Gasteiger partial charge in [0.15, 0.2) is 0 Å². The second kappa shape index (κ2) is 6.15. The Morgan fingerprint density at radius 3 is 1.79 bits per heavy atom. The zero-order valence-electron chi connectivity index (χ0n) is 12.7. The van der Waals surface area contributed by atoms with Crippen LogP contribution in [0, 0.1) is 5.92 Å². The molecule has 0 aliphatic carbocycles. The van der Waals surface area contributed by atoms with Crippen molar-refractivity contribution in [2.45, 2.75) is 26.2 Å². The topological polar surface area (TPSA) is 53.7 Å². The van der Waals surface area contributed by atoms with Crippen LogP contribution in [0.25, 0.3) is 0 Å². The summed E-state index contributed by atoms with van der Waals surface area (Å²) in [7, 11) is 4.92. The van der Waals surface area contributed by atoms with E-state index >= 15 is 0 Å². The van der Waals surface area contributed by atoms with Crippen molar-refractivity contribution >= 4 is 0 Å². The Kier molecular flexibility index (Phi) is 5.06. The van der Waals surface area contributed by atoms with E-state index in [-0.39, 0.29) is 5.41 Å². The van der Waals surface area contributed by atoms with Gasteiger partial charge in [-0.25, -0.2) is 0 Å². The Balaban J connectivity index is 3.55. The summed E-state index contributed by atoms with van der Waals surface area (Å²) in [6.45, 7) is 6.94. The first-order valence-electron chi connectivity index (χ1n) is 6.45. The van der Waals surface area contributed by atoms with E-state index in [2.05, 4.69) is 20.8 Å². The monoisotopic (exact) mass is 267 g/mol. The molecular formula is C15H25NO3. The van der Waals surface area contributed by atoms with Crippen molar-refractivity contribution < 1.29 is 14.2 Å². The van der Waals surface area contributed by atoms with E-state index in [1.165, 1.54) is 0 Å². The summed E-state index contributed by atoms with van der Waals surface area (Å²) in [5.74, 6) is 2.56. The third kappa shape index (κ3) is 2.78. The number of hydrogen-bond acceptors (Lipinski definition) is 4. The molecule has 1 unspecified atom stereocenters. The maximum absolute atomic E-state index is 6.02. The maximum atomic E-state index is 6.02. The Bertz CT molecular complexity index is 406. The highest BCUT2D eigenvalue weighted by atomic mass is 16.5. The minimum absolute atomic E-state index is 0.219. The number of benzene rings is 1. The van der Waals surface area contributed by atoms with E-state index in [0.29, 0.717) is 18.2 Å². The van der Waals surface area contributed by atoms with Crippen LogP contribution in [-0.4, -0.2) is 27.9 Å². The van der Waals surface area contributed by atoms with Gasteiger partial charge in [0, 0.05) is 29.7 Å². The summed E-state index contributed by atoms with van der Waals surface area (Å²) in [5, 5.41) is 0. The summed E-state index contributed by atoms with van der Waals surface area (Å²) in [4.78, 5) is 0. The minimum Gasteiger partial charge on any atom is -0.496 e. The SMILES string of the molecule is COc1cc(OC)c(C(C)(CN)C(C)C)c(OC)c1. The fourth-order valence-electron chi connectivity index (χ4n) is 2.19. The van der Waals surface area contributed by atoms with Crippen LogP contribution in [0.2, 0.25) is 0 Å². The second-order valence-corrected chi connectivity index (χ2v) is 5.18. The largest absolute Gasteiger partial charge is 0.496 e. The van der Waals surface area contributed by atoms with Crippen LogP contribution >= 0.6 is 0 Å². The molecule has 0 bridgehead atoms. The normalized spacial score (nSPS) is 14.1. The average Bonchev–Trinajstić information content (AvgIpc) is 2.44. The van der Waals surface area contributed by atoms with Crippen molar-refractivity contribution in [3.63, 3.8) is 0 Å². The molecule has 0 saturated heterocycles. The van der Waals surface area contributed by atoms with Crippen LogP contribution in [0.3, 0.4) is 0 Å². The molecule has 0 amide bonds. The molecule has 0 heterocycles. The molecule has 1 aromatic carbocycles. The molecule has 2 N–H and O–H groups in total. The molecular weight excluding hydrogens is 242 g/mol. The summed E-state index contributed by atoms with van der Waals surface area (Å²) in [5.41, 5.74) is 6.79. The first kappa shape index (κ1) is 15.6. The average molecular weight is 267 g/mol. The van der Waals surface area contributed by atoms with E-state index in [1.807, 2.05) is 12.1 Å². The molecule has 0 fully saturated rings. The van der Waals surface area contributed by atoms with Gasteiger partial charge in [-0.15, -0.1) is 0 Å². The fourth-order valence-corrected chi connectivity index (χ4v) is 2.19. The van der Waals surface area contributed by atoms with E-state index in [1.54, 1.807) is 21.3 Å². The third-order valence-electron chi connectivity index (χ3n) is 3.98. The summed E-state index contributed by atoms with van der Waals surface area (Å²) in [6.07, 6.45) is 0. The summed E-state index contributed by atoms with van der Waals surface area (Å²) >= 11 is 0. The Morgan fingerprint density at radius 2 is 1.53 bits per heavy atom. The highest BCUT2D eigenvalue weighted by Gasteiger charge is 2.35. The first-order valence-corrected chi connectivity index (χ1v) is 6.45. The molecule has 0 aliphatic rings. The van der Waals surface area contributed by atoms with Crippen LogP contribution in [0.5, 0.6) is 17.2 Å². The van der Waals surface area contributed by atoms with E-state index < -0.39 is 0 Å². The lowest BCUT2D eigenvalue weighted by Crippen LogP contribution is -2.37. The van der Waals surface area contributed by atoms with Crippen LogP contribution in [0.1, 0.15) is 26.3 Å². The van der Waals surface area contributed by atoms with Crippen molar-refractivity contribution in [1.29, 1.82) is 0 Å². The molecule has 1 atom stereocenters. The minimum atomic E-state index is -0.219. The lowest BCUT2D eigenvalue weighted by Gasteiger charge is -2.35. The lowest BCUT2D eigenvalue weighted by atomic mass is 9.72. The lowest BCUT2D eigenvalue weighted by molar-refractivity contribution is 0.301. The van der Waals surface area contributed by atoms with Crippen LogP contribution in [-0.2, 0) is 5.41 Å². The number of methoxy groups -OCH3 is 3. The maximum Gasteiger partial charge on any atom is 0.130 e. The summed E-state index contributed by atoms with van der Waals surface area (Å²) < 4.78 is 16.3. The van der Waals surface area contributed by atoms with E-state index in [0.717, 1.165) is 17.1 Å². The van der Waals surface area contributed by atoms with Crippen molar-refractivity contribution in [3.8, 4) is 17.2 Å². The molecule has 108 valence electrons. The van der Waals surface area contributed by atoms with Gasteiger partial charge in [-0.05, 0) is 5.92 Å². The molecule has 0 spiro atoms. The number of hydrogen-bond donors (Lipinski definition) is 1. The number of rotatable bonds is 6. The van der Waals surface area contributed by atoms with Crippen molar-refractivity contribution in [2.75, 3.05) is 27.9 Å². The highest BCUT2D eigenvalue weighted by Crippen LogP contribution is 2.45. The van der Waals surface area contributed by atoms with Crippen molar-refractivity contribution in [1.82, 2.24) is 0 Å². The zero-order chi connectivity index (χ0) is 14.6. The molecule has 4 heteroatoms. The fraction of sp³-hybridized carbons (Fsp3) is 0.600. The Morgan fingerprint density at radius 1 is 1.05 bits per heavy atom. The highest BCUT2D eigenvalue weighted by molar-refractivity contribution is 5.54. The van der Waals surface area contributed by atoms with Gasteiger partial charge in [0.1, 0.15) is 17.2 Å². The molecule has 19 heavy (non-hydrogen) atoms. The van der Waals surface area contributed by atoms with E-state index in [9.17, 15) is 0 Å². The summed E-state index contributed by atoms with van der Waals surface area (Å²) in [6, 6.07) is 3.74. The van der Waals surface area contributed by atoms with Crippen LogP contribution in [0.4, 0.5) is 0 Å². The predicted octanol–water partition coefficient (Wildman–Crippen LogP) is 2.58. The molecule has 1 aromatic rings. The Hall–Kier alpha value is -1.42. The van der Waals surface area contributed by atoms with Gasteiger partial charge < -0.3 is 19.9 Å². The molecule has 0 aliphatic heterocycles. The quantitative estimate of drug-likeness (QED) is 0.860. The molecule has 1 rings (SSSR count). The number of ether oxygens (including phenoxy) is 3. The van der Waals surface area contributed by atoms with Gasteiger partial charge in [-0.2, -0.15) is 0 Å². The molecule has 0 radical (unpaired) electrons. The van der Waals surface area contributed by atoms with E-state index in [4.69, 9.17) is 19.9 Å². The molecule has 4 nitrogen and oxygen atoms in total. The van der Waals surface area contributed by atoms with Gasteiger partial charge in [-0.3, -0.25) is 0 Å². The van der Waals surface area contributed by atoms with Crippen molar-refractivity contribution in [3.05, 3.63) is 17.7 Å². The van der Waals surface area contributed by atoms with Gasteiger partial charge >= 0.3 is 0 Å².